The van der Waals surface area contributed by atoms with Gasteiger partial charge in [-0.05, 0) is 24.5 Å². The summed E-state index contributed by atoms with van der Waals surface area (Å²) < 4.78 is 17.3. The highest BCUT2D eigenvalue weighted by Gasteiger charge is 2.20. The topological polar surface area (TPSA) is 26.3 Å². The monoisotopic (exact) mass is 278 g/mol. The van der Waals surface area contributed by atoms with E-state index in [1.54, 1.807) is 11.8 Å². The summed E-state index contributed by atoms with van der Waals surface area (Å²) in [7, 11) is 0. The zero-order valence-corrected chi connectivity index (χ0v) is 12.7. The molecule has 108 valence electrons. The Balaban J connectivity index is 4.03. The first-order valence-corrected chi connectivity index (χ1v) is 8.00. The molecule has 0 aliphatic rings. The fraction of sp³-hybridized carbons (Fsp3) is 0.929. The molecule has 4 heteroatoms. The van der Waals surface area contributed by atoms with Crippen molar-refractivity contribution < 1.29 is 13.9 Å². The number of hydrogen-bond acceptors (Lipinski definition) is 3. The summed E-state index contributed by atoms with van der Waals surface area (Å²) in [5, 5.41) is -0.109. The highest BCUT2D eigenvalue weighted by Crippen LogP contribution is 2.20. The van der Waals surface area contributed by atoms with Crippen LogP contribution in [0.4, 0.5) is 4.39 Å². The van der Waals surface area contributed by atoms with Crippen molar-refractivity contribution in [3.05, 3.63) is 0 Å². The van der Waals surface area contributed by atoms with Crippen LogP contribution in [0.15, 0.2) is 0 Å². The van der Waals surface area contributed by atoms with Gasteiger partial charge in [0.15, 0.2) is 0 Å². The molecule has 1 atom stereocenters. The molecule has 0 aromatic heterocycles. The van der Waals surface area contributed by atoms with Gasteiger partial charge in [0, 0.05) is 0 Å². The summed E-state index contributed by atoms with van der Waals surface area (Å²) in [4.78, 5) is 11.9. The molecule has 0 heterocycles. The standard InChI is InChI=1S/C14H27FO2S/c1-4-5-6-8-13(18-10-7-9-15)14(16)17-11-12(2)3/h12-13H,4-11H2,1-3H3. The van der Waals surface area contributed by atoms with E-state index in [0.717, 1.165) is 25.7 Å². The number of thioether (sulfide) groups is 1. The maximum absolute atomic E-state index is 12.1. The predicted octanol–water partition coefficient (Wildman–Crippen LogP) is 4.23. The maximum atomic E-state index is 12.1. The Bertz CT molecular complexity index is 200. The van der Waals surface area contributed by atoms with E-state index in [1.807, 2.05) is 13.8 Å². The van der Waals surface area contributed by atoms with Gasteiger partial charge in [0.1, 0.15) is 5.25 Å². The van der Waals surface area contributed by atoms with Crippen LogP contribution in [0.2, 0.25) is 0 Å². The zero-order valence-electron chi connectivity index (χ0n) is 11.9. The van der Waals surface area contributed by atoms with Gasteiger partial charge in [-0.3, -0.25) is 9.18 Å². The second-order valence-electron chi connectivity index (χ2n) is 4.92. The number of halogens is 1. The number of unbranched alkanes of at least 4 members (excludes halogenated alkanes) is 2. The van der Waals surface area contributed by atoms with Gasteiger partial charge in [-0.25, -0.2) is 0 Å². The molecular formula is C14H27FO2S. The van der Waals surface area contributed by atoms with Gasteiger partial charge >= 0.3 is 5.97 Å². The third-order valence-electron chi connectivity index (χ3n) is 2.49. The lowest BCUT2D eigenvalue weighted by molar-refractivity contribution is -0.144. The van der Waals surface area contributed by atoms with E-state index in [2.05, 4.69) is 6.92 Å². The van der Waals surface area contributed by atoms with Crippen molar-refractivity contribution in [3.8, 4) is 0 Å². The molecule has 0 rings (SSSR count). The summed E-state index contributed by atoms with van der Waals surface area (Å²) >= 11 is 1.54. The van der Waals surface area contributed by atoms with E-state index in [9.17, 15) is 9.18 Å². The quantitative estimate of drug-likeness (QED) is 0.418. The third kappa shape index (κ3) is 9.75. The molecule has 18 heavy (non-hydrogen) atoms. The van der Waals surface area contributed by atoms with Crippen LogP contribution in [0.1, 0.15) is 52.9 Å². The minimum Gasteiger partial charge on any atom is -0.465 e. The lowest BCUT2D eigenvalue weighted by Gasteiger charge is -2.16. The van der Waals surface area contributed by atoms with Crippen LogP contribution in [0.25, 0.3) is 0 Å². The van der Waals surface area contributed by atoms with Crippen LogP contribution >= 0.6 is 11.8 Å². The van der Waals surface area contributed by atoms with Crippen LogP contribution in [-0.4, -0.2) is 30.3 Å². The van der Waals surface area contributed by atoms with Crippen LogP contribution in [0.5, 0.6) is 0 Å². The van der Waals surface area contributed by atoms with E-state index < -0.39 is 0 Å². The van der Waals surface area contributed by atoms with E-state index in [-0.39, 0.29) is 17.9 Å². The Morgan fingerprint density at radius 1 is 1.28 bits per heavy atom. The first-order chi connectivity index (χ1) is 8.61. The Labute approximate surface area is 115 Å². The maximum Gasteiger partial charge on any atom is 0.319 e. The SMILES string of the molecule is CCCCCC(SCCCF)C(=O)OCC(C)C. The third-order valence-corrected chi connectivity index (χ3v) is 3.84. The lowest BCUT2D eigenvalue weighted by atomic mass is 10.1. The van der Waals surface area contributed by atoms with Gasteiger partial charge in [-0.15, -0.1) is 11.8 Å². The number of hydrogen-bond donors (Lipinski definition) is 0. The van der Waals surface area contributed by atoms with E-state index >= 15 is 0 Å². The number of ether oxygens (including phenoxy) is 1. The van der Waals surface area contributed by atoms with Crippen molar-refractivity contribution in [1.29, 1.82) is 0 Å². The highest BCUT2D eigenvalue weighted by atomic mass is 32.2. The minimum atomic E-state index is -0.310. The van der Waals surface area contributed by atoms with Gasteiger partial charge in [0.25, 0.3) is 0 Å². The molecule has 1 unspecified atom stereocenters. The molecule has 0 bridgehead atoms. The van der Waals surface area contributed by atoms with Gasteiger partial charge in [0.05, 0.1) is 13.3 Å². The summed E-state index contributed by atoms with van der Waals surface area (Å²) in [6.45, 7) is 6.36. The Kier molecular flexibility index (Phi) is 11.7. The molecular weight excluding hydrogens is 251 g/mol. The summed E-state index contributed by atoms with van der Waals surface area (Å²) in [5.74, 6) is 0.939. The Morgan fingerprint density at radius 2 is 2.00 bits per heavy atom. The van der Waals surface area contributed by atoms with Crippen molar-refractivity contribution in [2.75, 3.05) is 19.0 Å². The van der Waals surface area contributed by atoms with Crippen LogP contribution in [0, 0.1) is 5.92 Å². The fourth-order valence-electron chi connectivity index (χ4n) is 1.47. The molecule has 0 saturated carbocycles. The van der Waals surface area contributed by atoms with Crippen molar-refractivity contribution in [3.63, 3.8) is 0 Å². The van der Waals surface area contributed by atoms with Crippen molar-refractivity contribution in [1.82, 2.24) is 0 Å². The predicted molar refractivity (Wildman–Crippen MR) is 76.8 cm³/mol. The molecule has 0 aliphatic carbocycles. The highest BCUT2D eigenvalue weighted by molar-refractivity contribution is 8.00. The largest absolute Gasteiger partial charge is 0.465 e. The number of carbonyl (C=O) groups excluding carboxylic acids is 1. The molecule has 0 spiro atoms. The molecule has 0 N–H and O–H groups in total. The van der Waals surface area contributed by atoms with E-state index in [1.165, 1.54) is 0 Å². The van der Waals surface area contributed by atoms with E-state index in [0.29, 0.717) is 24.7 Å². The second kappa shape index (κ2) is 11.8. The van der Waals surface area contributed by atoms with Crippen LogP contribution in [0.3, 0.4) is 0 Å². The number of carbonyl (C=O) groups is 1. The molecule has 0 aromatic rings. The van der Waals surface area contributed by atoms with Crippen LogP contribution < -0.4 is 0 Å². The molecule has 2 nitrogen and oxygen atoms in total. The fourth-order valence-corrected chi connectivity index (χ4v) is 2.57. The molecule has 0 aromatic carbocycles. The lowest BCUT2D eigenvalue weighted by Crippen LogP contribution is -2.22. The van der Waals surface area contributed by atoms with Crippen molar-refractivity contribution in [2.24, 2.45) is 5.92 Å². The molecule has 0 saturated heterocycles. The van der Waals surface area contributed by atoms with E-state index in [4.69, 9.17) is 4.74 Å². The zero-order chi connectivity index (χ0) is 13.8. The first kappa shape index (κ1) is 17.8. The molecule has 0 aliphatic heterocycles. The average Bonchev–Trinajstić information content (AvgIpc) is 2.34. The Morgan fingerprint density at radius 3 is 2.56 bits per heavy atom. The van der Waals surface area contributed by atoms with Gasteiger partial charge in [0.2, 0.25) is 0 Å². The number of esters is 1. The van der Waals surface area contributed by atoms with Gasteiger partial charge < -0.3 is 4.74 Å². The molecule has 0 radical (unpaired) electrons. The smallest absolute Gasteiger partial charge is 0.319 e. The molecule has 0 fully saturated rings. The summed E-state index contributed by atoms with van der Waals surface area (Å²) in [6, 6.07) is 0. The molecule has 0 amide bonds. The minimum absolute atomic E-state index is 0.109. The van der Waals surface area contributed by atoms with Gasteiger partial charge in [-0.1, -0.05) is 40.0 Å². The summed E-state index contributed by atoms with van der Waals surface area (Å²) in [6.07, 6.45) is 4.69. The number of alkyl halides is 1. The Hall–Kier alpha value is -0.250. The van der Waals surface area contributed by atoms with Crippen molar-refractivity contribution >= 4 is 17.7 Å². The van der Waals surface area contributed by atoms with Gasteiger partial charge in [-0.2, -0.15) is 0 Å². The average molecular weight is 278 g/mol. The number of rotatable bonds is 11. The second-order valence-corrected chi connectivity index (χ2v) is 6.23. The normalized spacial score (nSPS) is 12.7. The van der Waals surface area contributed by atoms with Crippen molar-refractivity contribution in [2.45, 2.75) is 58.1 Å². The summed E-state index contributed by atoms with van der Waals surface area (Å²) in [5.41, 5.74) is 0. The first-order valence-electron chi connectivity index (χ1n) is 6.96. The van der Waals surface area contributed by atoms with Crippen LogP contribution in [-0.2, 0) is 9.53 Å².